The van der Waals surface area contributed by atoms with Gasteiger partial charge in [-0.15, -0.1) is 0 Å². The van der Waals surface area contributed by atoms with E-state index in [9.17, 15) is 4.39 Å². The van der Waals surface area contributed by atoms with Gasteiger partial charge in [-0.25, -0.2) is 4.39 Å². The van der Waals surface area contributed by atoms with Gasteiger partial charge in [0.1, 0.15) is 5.82 Å². The largest absolute Gasteiger partial charge is 0.313 e. The van der Waals surface area contributed by atoms with Crippen molar-refractivity contribution >= 4 is 11.6 Å². The Labute approximate surface area is 101 Å². The van der Waals surface area contributed by atoms with Crippen molar-refractivity contribution in [3.63, 3.8) is 0 Å². The number of benzene rings is 1. The molecule has 0 saturated heterocycles. The van der Waals surface area contributed by atoms with Crippen LogP contribution in [0.5, 0.6) is 0 Å². The fourth-order valence-corrected chi connectivity index (χ4v) is 2.94. The van der Waals surface area contributed by atoms with Crippen molar-refractivity contribution in [2.45, 2.75) is 31.7 Å². The van der Waals surface area contributed by atoms with E-state index in [1.165, 1.54) is 31.7 Å². The van der Waals surface area contributed by atoms with E-state index in [2.05, 4.69) is 5.32 Å². The van der Waals surface area contributed by atoms with Crippen molar-refractivity contribution in [3.05, 3.63) is 34.6 Å². The van der Waals surface area contributed by atoms with Crippen LogP contribution in [0.15, 0.2) is 18.2 Å². The van der Waals surface area contributed by atoms with E-state index in [1.54, 1.807) is 6.07 Å². The van der Waals surface area contributed by atoms with Crippen LogP contribution in [0.1, 0.15) is 37.3 Å². The maximum Gasteiger partial charge on any atom is 0.142 e. The SMILES string of the molecule is CNC(c1cccc(F)c1Cl)C1CCCC1. The lowest BCUT2D eigenvalue weighted by atomic mass is 9.91. The Morgan fingerprint density at radius 1 is 1.38 bits per heavy atom. The van der Waals surface area contributed by atoms with Gasteiger partial charge in [-0.1, -0.05) is 36.6 Å². The highest BCUT2D eigenvalue weighted by Gasteiger charge is 2.27. The molecule has 0 heterocycles. The van der Waals surface area contributed by atoms with Gasteiger partial charge in [0.25, 0.3) is 0 Å². The second-order valence-corrected chi connectivity index (χ2v) is 4.83. The molecular weight excluding hydrogens is 225 g/mol. The smallest absolute Gasteiger partial charge is 0.142 e. The van der Waals surface area contributed by atoms with Crippen molar-refractivity contribution in [3.8, 4) is 0 Å². The summed E-state index contributed by atoms with van der Waals surface area (Å²) in [4.78, 5) is 0. The third kappa shape index (κ3) is 2.23. The highest BCUT2D eigenvalue weighted by Crippen LogP contribution is 2.38. The molecule has 0 aliphatic heterocycles. The van der Waals surface area contributed by atoms with E-state index < -0.39 is 0 Å². The standard InChI is InChI=1S/C13H17ClFN/c1-16-13(9-5-2-3-6-9)10-7-4-8-11(15)12(10)14/h4,7-9,13,16H,2-3,5-6H2,1H3. The van der Waals surface area contributed by atoms with E-state index in [-0.39, 0.29) is 16.9 Å². The highest BCUT2D eigenvalue weighted by atomic mass is 35.5. The average molecular weight is 242 g/mol. The van der Waals surface area contributed by atoms with Crippen LogP contribution in [-0.4, -0.2) is 7.05 Å². The molecule has 2 rings (SSSR count). The minimum absolute atomic E-state index is 0.186. The molecule has 1 unspecified atom stereocenters. The second kappa shape index (κ2) is 5.15. The van der Waals surface area contributed by atoms with Crippen LogP contribution in [0.2, 0.25) is 5.02 Å². The summed E-state index contributed by atoms with van der Waals surface area (Å²) in [5.74, 6) is 0.265. The van der Waals surface area contributed by atoms with Crippen molar-refractivity contribution in [1.82, 2.24) is 5.32 Å². The maximum absolute atomic E-state index is 13.4. The zero-order valence-electron chi connectivity index (χ0n) is 9.47. The van der Waals surface area contributed by atoms with E-state index in [1.807, 2.05) is 13.1 Å². The lowest BCUT2D eigenvalue weighted by Crippen LogP contribution is -2.24. The lowest BCUT2D eigenvalue weighted by molar-refractivity contribution is 0.389. The van der Waals surface area contributed by atoms with Gasteiger partial charge in [-0.2, -0.15) is 0 Å². The molecule has 1 atom stereocenters. The molecule has 3 heteroatoms. The van der Waals surface area contributed by atoms with Crippen molar-refractivity contribution in [1.29, 1.82) is 0 Å². The molecule has 16 heavy (non-hydrogen) atoms. The van der Waals surface area contributed by atoms with E-state index in [4.69, 9.17) is 11.6 Å². The summed E-state index contributed by atoms with van der Waals surface area (Å²) < 4.78 is 13.4. The minimum Gasteiger partial charge on any atom is -0.313 e. The Morgan fingerprint density at radius 2 is 2.06 bits per heavy atom. The summed E-state index contributed by atoms with van der Waals surface area (Å²) in [7, 11) is 1.92. The molecule has 1 aliphatic carbocycles. The molecule has 0 spiro atoms. The van der Waals surface area contributed by atoms with Gasteiger partial charge in [0.05, 0.1) is 5.02 Å². The predicted octanol–water partition coefficient (Wildman–Crippen LogP) is 3.93. The fourth-order valence-electron chi connectivity index (χ4n) is 2.70. The van der Waals surface area contributed by atoms with Crippen molar-refractivity contribution in [2.24, 2.45) is 5.92 Å². The van der Waals surface area contributed by atoms with Crippen molar-refractivity contribution in [2.75, 3.05) is 7.05 Å². The molecule has 0 radical (unpaired) electrons. The van der Waals surface area contributed by atoms with Crippen LogP contribution in [0.25, 0.3) is 0 Å². The molecule has 0 amide bonds. The van der Waals surface area contributed by atoms with E-state index in [0.717, 1.165) is 5.56 Å². The van der Waals surface area contributed by atoms with Gasteiger partial charge in [0, 0.05) is 6.04 Å². The maximum atomic E-state index is 13.4. The Hall–Kier alpha value is -0.600. The third-order valence-electron chi connectivity index (χ3n) is 3.50. The van der Waals surface area contributed by atoms with Gasteiger partial charge in [-0.3, -0.25) is 0 Å². The number of rotatable bonds is 3. The normalized spacial score (nSPS) is 18.9. The summed E-state index contributed by atoms with van der Waals surface area (Å²) in [6, 6.07) is 5.25. The van der Waals surface area contributed by atoms with Crippen LogP contribution in [-0.2, 0) is 0 Å². The van der Waals surface area contributed by atoms with E-state index >= 15 is 0 Å². The first-order chi connectivity index (χ1) is 7.74. The monoisotopic (exact) mass is 241 g/mol. The molecular formula is C13H17ClFN. The van der Waals surface area contributed by atoms with Gasteiger partial charge in [-0.05, 0) is 37.4 Å². The molecule has 88 valence electrons. The van der Waals surface area contributed by atoms with Crippen LogP contribution >= 0.6 is 11.6 Å². The molecule has 0 aromatic heterocycles. The Morgan fingerprint density at radius 3 is 2.69 bits per heavy atom. The van der Waals surface area contributed by atoms with Crippen molar-refractivity contribution < 1.29 is 4.39 Å². The second-order valence-electron chi connectivity index (χ2n) is 4.45. The first-order valence-corrected chi connectivity index (χ1v) is 6.23. The quantitative estimate of drug-likeness (QED) is 0.846. The lowest BCUT2D eigenvalue weighted by Gasteiger charge is -2.24. The van der Waals surface area contributed by atoms with E-state index in [0.29, 0.717) is 5.92 Å². The third-order valence-corrected chi connectivity index (χ3v) is 3.90. The Balaban J connectivity index is 2.28. The fraction of sp³-hybridized carbons (Fsp3) is 0.538. The van der Waals surface area contributed by atoms with Crippen LogP contribution in [0, 0.1) is 11.7 Å². The zero-order chi connectivity index (χ0) is 11.5. The van der Waals surface area contributed by atoms with Gasteiger partial charge < -0.3 is 5.32 Å². The molecule has 1 saturated carbocycles. The summed E-state index contributed by atoms with van der Waals surface area (Å²) in [6.45, 7) is 0. The average Bonchev–Trinajstić information content (AvgIpc) is 2.79. The topological polar surface area (TPSA) is 12.0 Å². The molecule has 0 bridgehead atoms. The Bertz CT molecular complexity index is 361. The Kier molecular flexibility index (Phi) is 3.82. The summed E-state index contributed by atoms with van der Waals surface area (Å²) in [6.07, 6.45) is 4.96. The minimum atomic E-state index is -0.322. The molecule has 1 fully saturated rings. The first-order valence-electron chi connectivity index (χ1n) is 5.85. The zero-order valence-corrected chi connectivity index (χ0v) is 10.2. The number of hydrogen-bond acceptors (Lipinski definition) is 1. The number of hydrogen-bond donors (Lipinski definition) is 1. The molecule has 1 aliphatic rings. The van der Waals surface area contributed by atoms with Crippen LogP contribution in [0.4, 0.5) is 4.39 Å². The van der Waals surface area contributed by atoms with Crippen LogP contribution < -0.4 is 5.32 Å². The van der Waals surface area contributed by atoms with Gasteiger partial charge in [0.2, 0.25) is 0 Å². The first kappa shape index (κ1) is 11.9. The van der Waals surface area contributed by atoms with Gasteiger partial charge >= 0.3 is 0 Å². The van der Waals surface area contributed by atoms with Gasteiger partial charge in [0.15, 0.2) is 0 Å². The molecule has 1 N–H and O–H groups in total. The highest BCUT2D eigenvalue weighted by molar-refractivity contribution is 6.31. The summed E-state index contributed by atoms with van der Waals surface area (Å²) >= 11 is 6.03. The number of halogens is 2. The molecule has 1 nitrogen and oxygen atoms in total. The summed E-state index contributed by atoms with van der Waals surface area (Å²) in [5.41, 5.74) is 0.899. The predicted molar refractivity (Wildman–Crippen MR) is 65.2 cm³/mol. The number of nitrogens with one attached hydrogen (secondary N) is 1. The summed E-state index contributed by atoms with van der Waals surface area (Å²) in [5, 5.41) is 3.55. The molecule has 1 aromatic carbocycles. The van der Waals surface area contributed by atoms with Crippen LogP contribution in [0.3, 0.4) is 0 Å². The molecule has 1 aromatic rings.